The number of hydrogen-bond acceptors (Lipinski definition) is 7. The van der Waals surface area contributed by atoms with Crippen molar-refractivity contribution in [1.29, 1.82) is 0 Å². The summed E-state index contributed by atoms with van der Waals surface area (Å²) in [6, 6.07) is 4.45. The Morgan fingerprint density at radius 3 is 2.71 bits per heavy atom. The molecule has 3 heterocycles. The fourth-order valence-electron chi connectivity index (χ4n) is 3.97. The number of benzene rings is 1. The van der Waals surface area contributed by atoms with Crippen molar-refractivity contribution < 1.29 is 33.8 Å². The van der Waals surface area contributed by atoms with Crippen LogP contribution in [0.25, 0.3) is 0 Å². The van der Waals surface area contributed by atoms with Gasteiger partial charge in [-0.3, -0.25) is 24.5 Å². The molecule has 164 valence electrons. The molecule has 0 aliphatic carbocycles. The number of anilines is 1. The number of nitrogens with zero attached hydrogens (tertiary/aromatic N) is 2. The summed E-state index contributed by atoms with van der Waals surface area (Å²) >= 11 is 0. The van der Waals surface area contributed by atoms with Crippen LogP contribution in [0.3, 0.4) is 0 Å². The number of aliphatic carboxylic acids is 1. The second-order valence-corrected chi connectivity index (χ2v) is 7.71. The molecule has 1 atom stereocenters. The highest BCUT2D eigenvalue weighted by atomic mass is 16.5. The van der Waals surface area contributed by atoms with Crippen LogP contribution in [0.5, 0.6) is 0 Å². The third kappa shape index (κ3) is 4.22. The van der Waals surface area contributed by atoms with Gasteiger partial charge in [-0.2, -0.15) is 0 Å². The number of imide groups is 1. The molecule has 31 heavy (non-hydrogen) atoms. The number of rotatable bonds is 7. The zero-order valence-corrected chi connectivity index (χ0v) is 16.6. The van der Waals surface area contributed by atoms with E-state index in [4.69, 9.17) is 9.84 Å². The van der Waals surface area contributed by atoms with E-state index in [2.05, 4.69) is 10.6 Å². The number of likely N-dealkylation sites (tertiary alicyclic amines) is 1. The summed E-state index contributed by atoms with van der Waals surface area (Å²) in [4.78, 5) is 62.3. The maximum absolute atomic E-state index is 12.8. The summed E-state index contributed by atoms with van der Waals surface area (Å²) in [5, 5.41) is 13.9. The van der Waals surface area contributed by atoms with Crippen LogP contribution in [0.15, 0.2) is 18.2 Å². The van der Waals surface area contributed by atoms with Crippen molar-refractivity contribution in [3.8, 4) is 0 Å². The van der Waals surface area contributed by atoms with Crippen molar-refractivity contribution in [2.45, 2.75) is 31.5 Å². The predicted octanol–water partition coefficient (Wildman–Crippen LogP) is -0.828. The molecule has 3 aliphatic heterocycles. The number of nitrogens with one attached hydrogen (secondary N) is 2. The highest BCUT2D eigenvalue weighted by Crippen LogP contribution is 2.32. The highest BCUT2D eigenvalue weighted by molar-refractivity contribution is 6.06. The lowest BCUT2D eigenvalue weighted by Crippen LogP contribution is -2.56. The van der Waals surface area contributed by atoms with Crippen LogP contribution in [0, 0.1) is 0 Å². The Balaban J connectivity index is 1.35. The summed E-state index contributed by atoms with van der Waals surface area (Å²) in [7, 11) is 0. The molecular formula is C20H22N4O7. The lowest BCUT2D eigenvalue weighted by Gasteiger charge is -2.38. The first-order valence-electron chi connectivity index (χ1n) is 9.95. The standard InChI is InChI=1S/C20H22N4O7/c25-16-5-4-15(19(29)22-16)24-9-13-12(20(24)30)2-1-3-14(13)21-6-17(26)23-7-11(8-23)31-10-18(27)28/h1-3,11,15,21H,4-10H2,(H,27,28)(H,22,25,29). The van der Waals surface area contributed by atoms with Crippen molar-refractivity contribution in [3.05, 3.63) is 29.3 Å². The fraction of sp³-hybridized carbons (Fsp3) is 0.450. The lowest BCUT2D eigenvalue weighted by atomic mass is 10.0. The SMILES string of the molecule is O=C(O)COC1CN(C(=O)CNc2cccc3c2CN(C2CCC(=O)NC2=O)C3=O)C1. The number of amides is 4. The second-order valence-electron chi connectivity index (χ2n) is 7.71. The topological polar surface area (TPSA) is 145 Å². The number of piperidine rings is 1. The smallest absolute Gasteiger partial charge is 0.329 e. The molecule has 2 fully saturated rings. The van der Waals surface area contributed by atoms with Crippen molar-refractivity contribution >= 4 is 35.3 Å². The van der Waals surface area contributed by atoms with Gasteiger partial charge in [0.05, 0.1) is 12.6 Å². The van der Waals surface area contributed by atoms with Crippen molar-refractivity contribution in [3.63, 3.8) is 0 Å². The van der Waals surface area contributed by atoms with Crippen molar-refractivity contribution in [2.75, 3.05) is 31.6 Å². The summed E-state index contributed by atoms with van der Waals surface area (Å²) in [6.07, 6.45) is 0.190. The second kappa shape index (κ2) is 8.34. The molecule has 0 aromatic heterocycles. The minimum Gasteiger partial charge on any atom is -0.480 e. The zero-order chi connectivity index (χ0) is 22.1. The summed E-state index contributed by atoms with van der Waals surface area (Å²) < 4.78 is 5.13. The maximum Gasteiger partial charge on any atom is 0.329 e. The van der Waals surface area contributed by atoms with E-state index in [1.54, 1.807) is 23.1 Å². The third-order valence-corrected chi connectivity index (χ3v) is 5.66. The molecule has 4 rings (SSSR count). The number of carbonyl (C=O) groups excluding carboxylic acids is 4. The highest BCUT2D eigenvalue weighted by Gasteiger charge is 2.40. The van der Waals surface area contributed by atoms with Gasteiger partial charge in [0.25, 0.3) is 5.91 Å². The van der Waals surface area contributed by atoms with Gasteiger partial charge in [0, 0.05) is 42.9 Å². The number of carbonyl (C=O) groups is 5. The van der Waals surface area contributed by atoms with E-state index in [0.717, 1.165) is 0 Å². The quantitative estimate of drug-likeness (QED) is 0.476. The van der Waals surface area contributed by atoms with Gasteiger partial charge >= 0.3 is 5.97 Å². The molecule has 11 heteroatoms. The van der Waals surface area contributed by atoms with Crippen LogP contribution in [0.4, 0.5) is 5.69 Å². The Kier molecular flexibility index (Phi) is 5.59. The van der Waals surface area contributed by atoms with E-state index in [9.17, 15) is 24.0 Å². The molecule has 0 spiro atoms. The van der Waals surface area contributed by atoms with Gasteiger partial charge in [-0.25, -0.2) is 4.79 Å². The number of fused-ring (bicyclic) bond motifs is 1. The first-order valence-corrected chi connectivity index (χ1v) is 9.95. The molecular weight excluding hydrogens is 408 g/mol. The average molecular weight is 430 g/mol. The maximum atomic E-state index is 12.8. The number of hydrogen-bond donors (Lipinski definition) is 3. The van der Waals surface area contributed by atoms with Crippen LogP contribution in [-0.2, 0) is 30.5 Å². The molecule has 3 N–H and O–H groups in total. The van der Waals surface area contributed by atoms with Crippen LogP contribution in [0.1, 0.15) is 28.8 Å². The molecule has 0 radical (unpaired) electrons. The van der Waals surface area contributed by atoms with Gasteiger partial charge in [-0.15, -0.1) is 0 Å². The monoisotopic (exact) mass is 430 g/mol. The molecule has 1 aromatic carbocycles. The van der Waals surface area contributed by atoms with E-state index < -0.39 is 24.5 Å². The first kappa shape index (κ1) is 20.8. The Morgan fingerprint density at radius 2 is 2.00 bits per heavy atom. The zero-order valence-electron chi connectivity index (χ0n) is 16.6. The molecule has 11 nitrogen and oxygen atoms in total. The Bertz CT molecular complexity index is 957. The summed E-state index contributed by atoms with van der Waals surface area (Å²) in [6.45, 7) is 0.505. The fourth-order valence-corrected chi connectivity index (χ4v) is 3.97. The predicted molar refractivity (Wildman–Crippen MR) is 105 cm³/mol. The van der Waals surface area contributed by atoms with Crippen molar-refractivity contribution in [2.24, 2.45) is 0 Å². The summed E-state index contributed by atoms with van der Waals surface area (Å²) in [5.41, 5.74) is 1.80. The minimum absolute atomic E-state index is 0.00864. The largest absolute Gasteiger partial charge is 0.480 e. The van der Waals surface area contributed by atoms with Crippen LogP contribution in [-0.4, -0.2) is 82.9 Å². The molecule has 1 aromatic rings. The lowest BCUT2D eigenvalue weighted by molar-refractivity contribution is -0.153. The number of ether oxygens (including phenoxy) is 1. The van der Waals surface area contributed by atoms with E-state index in [0.29, 0.717) is 29.9 Å². The Hall–Kier alpha value is -3.47. The molecule has 2 saturated heterocycles. The summed E-state index contributed by atoms with van der Waals surface area (Å²) in [5.74, 6) is -2.31. The Morgan fingerprint density at radius 1 is 1.23 bits per heavy atom. The first-order chi connectivity index (χ1) is 14.8. The molecule has 1 unspecified atom stereocenters. The van der Waals surface area contributed by atoms with Crippen molar-refractivity contribution in [1.82, 2.24) is 15.1 Å². The molecule has 4 amide bonds. The molecule has 3 aliphatic rings. The van der Waals surface area contributed by atoms with Crippen LogP contribution in [0.2, 0.25) is 0 Å². The van der Waals surface area contributed by atoms with E-state index in [-0.39, 0.29) is 49.8 Å². The normalized spacial score (nSPS) is 20.9. The van der Waals surface area contributed by atoms with Gasteiger partial charge in [0.1, 0.15) is 12.6 Å². The minimum atomic E-state index is -1.05. The van der Waals surface area contributed by atoms with Gasteiger partial charge in [-0.05, 0) is 18.6 Å². The van der Waals surface area contributed by atoms with Crippen LogP contribution < -0.4 is 10.6 Å². The Labute approximate surface area is 177 Å². The van der Waals surface area contributed by atoms with Gasteiger partial charge < -0.3 is 25.0 Å². The van der Waals surface area contributed by atoms with Gasteiger partial charge in [0.2, 0.25) is 17.7 Å². The average Bonchev–Trinajstić information content (AvgIpc) is 3.02. The molecule has 0 bridgehead atoms. The number of carboxylic acids is 1. The van der Waals surface area contributed by atoms with Crippen LogP contribution >= 0.6 is 0 Å². The number of carboxylic acid groups (broad SMARTS) is 1. The third-order valence-electron chi connectivity index (χ3n) is 5.66. The van der Waals surface area contributed by atoms with Gasteiger partial charge in [0.15, 0.2) is 0 Å². The molecule has 0 saturated carbocycles. The van der Waals surface area contributed by atoms with E-state index >= 15 is 0 Å². The van der Waals surface area contributed by atoms with E-state index in [1.165, 1.54) is 4.90 Å². The van der Waals surface area contributed by atoms with E-state index in [1.807, 2.05) is 0 Å². The van der Waals surface area contributed by atoms with Gasteiger partial charge in [-0.1, -0.05) is 6.07 Å².